The third-order valence-corrected chi connectivity index (χ3v) is 3.51. The zero-order chi connectivity index (χ0) is 11.2. The number of halogens is 1. The highest BCUT2D eigenvalue weighted by Gasteiger charge is 2.09. The molecule has 0 aromatic heterocycles. The third-order valence-electron chi connectivity index (χ3n) is 2.88. The van der Waals surface area contributed by atoms with Crippen LogP contribution in [0.2, 0.25) is 0 Å². The van der Waals surface area contributed by atoms with Crippen LogP contribution in [-0.4, -0.2) is 37.7 Å². The van der Waals surface area contributed by atoms with Gasteiger partial charge in [-0.15, -0.1) is 0 Å². The average Bonchev–Trinajstić information content (AvgIpc) is 2.38. The van der Waals surface area contributed by atoms with Crippen LogP contribution < -0.4 is 3.53 Å². The van der Waals surface area contributed by atoms with Crippen molar-refractivity contribution in [1.82, 2.24) is 4.90 Å². The quantitative estimate of drug-likeness (QED) is 0.677. The molecule has 0 bridgehead atoms. The van der Waals surface area contributed by atoms with Gasteiger partial charge in [0.05, 0.1) is 36.1 Å². The second-order valence-electron chi connectivity index (χ2n) is 4.00. The van der Waals surface area contributed by atoms with E-state index >= 15 is 0 Å². The van der Waals surface area contributed by atoms with Crippen LogP contribution in [0.1, 0.15) is 5.56 Å². The Balaban J connectivity index is 1.79. The zero-order valence-corrected chi connectivity index (χ0v) is 11.4. The van der Waals surface area contributed by atoms with Gasteiger partial charge < -0.3 is 8.27 Å². The summed E-state index contributed by atoms with van der Waals surface area (Å²) in [5.41, 5.74) is 2.57. The number of ether oxygens (including phenoxy) is 1. The molecular weight excluding hydrogens is 315 g/mol. The van der Waals surface area contributed by atoms with Crippen molar-refractivity contribution in [3.8, 4) is 0 Å². The van der Waals surface area contributed by atoms with Gasteiger partial charge in [0.15, 0.2) is 0 Å². The van der Waals surface area contributed by atoms with E-state index < -0.39 is 0 Å². The molecule has 0 unspecified atom stereocenters. The lowest BCUT2D eigenvalue weighted by Gasteiger charge is -2.26. The van der Waals surface area contributed by atoms with Crippen LogP contribution in [0.3, 0.4) is 0 Å². The van der Waals surface area contributed by atoms with Crippen LogP contribution in [0, 0.1) is 0 Å². The molecule has 88 valence electrons. The highest BCUT2D eigenvalue weighted by molar-refractivity contribution is 14.1. The predicted octanol–water partition coefficient (Wildman–Crippen LogP) is 2.32. The van der Waals surface area contributed by atoms with Gasteiger partial charge in [-0.1, -0.05) is 12.1 Å². The van der Waals surface area contributed by atoms with Gasteiger partial charge in [-0.2, -0.15) is 0 Å². The predicted molar refractivity (Wildman–Crippen MR) is 75.0 cm³/mol. The van der Waals surface area contributed by atoms with Crippen LogP contribution in [-0.2, 0) is 11.2 Å². The monoisotopic (exact) mass is 332 g/mol. The molecule has 0 amide bonds. The molecule has 0 aliphatic carbocycles. The van der Waals surface area contributed by atoms with E-state index in [0.717, 1.165) is 45.0 Å². The molecule has 2 rings (SSSR count). The van der Waals surface area contributed by atoms with Crippen molar-refractivity contribution in [2.45, 2.75) is 6.42 Å². The zero-order valence-electron chi connectivity index (χ0n) is 9.29. The van der Waals surface area contributed by atoms with Gasteiger partial charge >= 0.3 is 0 Å². The fraction of sp³-hybridized carbons (Fsp3) is 0.500. The summed E-state index contributed by atoms with van der Waals surface area (Å²) in [4.78, 5) is 2.47. The summed E-state index contributed by atoms with van der Waals surface area (Å²) < 4.78 is 8.43. The number of hydrogen-bond donors (Lipinski definition) is 1. The van der Waals surface area contributed by atoms with E-state index in [9.17, 15) is 0 Å². The first-order valence-corrected chi connectivity index (χ1v) is 6.72. The summed E-state index contributed by atoms with van der Waals surface area (Å²) in [6.07, 6.45) is 1.13. The molecule has 1 fully saturated rings. The van der Waals surface area contributed by atoms with Crippen LogP contribution in [0.15, 0.2) is 24.3 Å². The van der Waals surface area contributed by atoms with E-state index in [1.807, 2.05) is 0 Å². The van der Waals surface area contributed by atoms with Crippen molar-refractivity contribution in [2.24, 2.45) is 0 Å². The molecule has 1 aliphatic heterocycles. The maximum Gasteiger partial charge on any atom is 0.0594 e. The van der Waals surface area contributed by atoms with Crippen molar-refractivity contribution >= 4 is 28.6 Å². The SMILES string of the molecule is INc1ccc(CCN2CCOCC2)cc1. The minimum absolute atomic E-state index is 0.887. The number of nitrogens with zero attached hydrogens (tertiary/aromatic N) is 1. The number of rotatable bonds is 4. The third kappa shape index (κ3) is 3.61. The molecule has 1 aliphatic rings. The van der Waals surface area contributed by atoms with Gasteiger partial charge in [-0.3, -0.25) is 4.90 Å². The lowest BCUT2D eigenvalue weighted by molar-refractivity contribution is 0.0384. The summed E-state index contributed by atoms with van der Waals surface area (Å²) in [6.45, 7) is 5.07. The number of nitrogens with one attached hydrogen (secondary N) is 1. The molecule has 0 radical (unpaired) electrons. The van der Waals surface area contributed by atoms with Crippen molar-refractivity contribution in [1.29, 1.82) is 0 Å². The van der Waals surface area contributed by atoms with E-state index in [1.165, 1.54) is 5.56 Å². The van der Waals surface area contributed by atoms with Crippen molar-refractivity contribution in [2.75, 3.05) is 36.4 Å². The first kappa shape index (κ1) is 12.1. The number of hydrogen-bond acceptors (Lipinski definition) is 3. The van der Waals surface area contributed by atoms with Crippen molar-refractivity contribution in [3.05, 3.63) is 29.8 Å². The molecule has 16 heavy (non-hydrogen) atoms. The molecule has 0 saturated carbocycles. The number of anilines is 1. The summed E-state index contributed by atoms with van der Waals surface area (Å²) in [5.74, 6) is 0. The van der Waals surface area contributed by atoms with Crippen LogP contribution >= 0.6 is 22.9 Å². The Morgan fingerprint density at radius 2 is 1.88 bits per heavy atom. The van der Waals surface area contributed by atoms with Gasteiger partial charge in [0, 0.05) is 25.3 Å². The van der Waals surface area contributed by atoms with E-state index in [1.54, 1.807) is 0 Å². The highest BCUT2D eigenvalue weighted by atomic mass is 127. The summed E-state index contributed by atoms with van der Waals surface area (Å²) in [7, 11) is 0. The van der Waals surface area contributed by atoms with E-state index in [4.69, 9.17) is 4.74 Å². The van der Waals surface area contributed by atoms with E-state index in [-0.39, 0.29) is 0 Å². The Hall–Kier alpha value is -0.330. The topological polar surface area (TPSA) is 24.5 Å². The van der Waals surface area contributed by atoms with Gasteiger partial charge in [0.2, 0.25) is 0 Å². The van der Waals surface area contributed by atoms with E-state index in [0.29, 0.717) is 0 Å². The fourth-order valence-corrected chi connectivity index (χ4v) is 2.21. The Morgan fingerprint density at radius 1 is 1.19 bits per heavy atom. The summed E-state index contributed by atoms with van der Waals surface area (Å²) >= 11 is 2.15. The standard InChI is InChI=1S/C12H17IN2O/c13-14-12-3-1-11(2-4-12)5-6-15-7-9-16-10-8-15/h1-4,14H,5-10H2. The molecule has 1 aromatic rings. The van der Waals surface area contributed by atoms with Gasteiger partial charge in [-0.05, 0) is 24.1 Å². The molecule has 1 heterocycles. The van der Waals surface area contributed by atoms with Crippen LogP contribution in [0.25, 0.3) is 0 Å². The molecular formula is C12H17IN2O. The van der Waals surface area contributed by atoms with Crippen molar-refractivity contribution < 1.29 is 4.74 Å². The van der Waals surface area contributed by atoms with Gasteiger partial charge in [0.1, 0.15) is 0 Å². The maximum atomic E-state index is 5.33. The summed E-state index contributed by atoms with van der Waals surface area (Å²) in [5, 5.41) is 0. The van der Waals surface area contributed by atoms with E-state index in [2.05, 4.69) is 55.6 Å². The van der Waals surface area contributed by atoms with Crippen LogP contribution in [0.5, 0.6) is 0 Å². The molecule has 0 atom stereocenters. The normalized spacial score (nSPS) is 17.3. The number of morpholine rings is 1. The molecule has 3 nitrogen and oxygen atoms in total. The Bertz CT molecular complexity index is 309. The molecule has 1 aromatic carbocycles. The largest absolute Gasteiger partial charge is 0.379 e. The Labute approximate surface area is 111 Å². The average molecular weight is 332 g/mol. The second-order valence-corrected chi connectivity index (χ2v) is 4.53. The number of benzene rings is 1. The smallest absolute Gasteiger partial charge is 0.0594 e. The summed E-state index contributed by atoms with van der Waals surface area (Å²) in [6, 6.07) is 8.64. The van der Waals surface area contributed by atoms with Gasteiger partial charge in [0.25, 0.3) is 0 Å². The first-order chi connectivity index (χ1) is 7.88. The Morgan fingerprint density at radius 3 is 2.50 bits per heavy atom. The maximum absolute atomic E-state index is 5.33. The van der Waals surface area contributed by atoms with Gasteiger partial charge in [-0.25, -0.2) is 0 Å². The minimum atomic E-state index is 0.887. The molecule has 0 spiro atoms. The molecule has 1 N–H and O–H groups in total. The Kier molecular flexibility index (Phi) is 4.87. The first-order valence-electron chi connectivity index (χ1n) is 5.64. The highest BCUT2D eigenvalue weighted by Crippen LogP contribution is 2.12. The second kappa shape index (κ2) is 6.42. The van der Waals surface area contributed by atoms with Crippen LogP contribution in [0.4, 0.5) is 5.69 Å². The molecule has 1 saturated heterocycles. The lowest BCUT2D eigenvalue weighted by Crippen LogP contribution is -2.37. The lowest BCUT2D eigenvalue weighted by atomic mass is 10.1. The molecule has 4 heteroatoms. The minimum Gasteiger partial charge on any atom is -0.379 e. The van der Waals surface area contributed by atoms with Crippen molar-refractivity contribution in [3.63, 3.8) is 0 Å². The fourth-order valence-electron chi connectivity index (χ4n) is 1.85.